The minimum atomic E-state index is -5.03. The molecule has 3 aromatic rings. The molecule has 0 aliphatic carbocycles. The summed E-state index contributed by atoms with van der Waals surface area (Å²) >= 11 is 5.90. The van der Waals surface area contributed by atoms with E-state index in [2.05, 4.69) is 15.0 Å². The van der Waals surface area contributed by atoms with Gasteiger partial charge < -0.3 is 9.84 Å². The largest absolute Gasteiger partial charge is 0.461 e. The lowest BCUT2D eigenvalue weighted by Gasteiger charge is -2.37. The Morgan fingerprint density at radius 1 is 0.973 bits per heavy atom. The number of benzene rings is 2. The summed E-state index contributed by atoms with van der Waals surface area (Å²) in [6, 6.07) is 12.7. The van der Waals surface area contributed by atoms with Crippen LogP contribution in [0.2, 0.25) is 5.02 Å². The van der Waals surface area contributed by atoms with E-state index in [0.29, 0.717) is 11.6 Å². The van der Waals surface area contributed by atoms with Crippen molar-refractivity contribution in [1.29, 1.82) is 0 Å². The van der Waals surface area contributed by atoms with Crippen LogP contribution in [-0.2, 0) is 12.0 Å². The predicted molar refractivity (Wildman–Crippen MR) is 118 cm³/mol. The number of nitrogens with one attached hydrogen (secondary N) is 1. The van der Waals surface area contributed by atoms with E-state index in [1.165, 1.54) is 12.1 Å². The van der Waals surface area contributed by atoms with Crippen molar-refractivity contribution in [3.63, 3.8) is 0 Å². The summed E-state index contributed by atoms with van der Waals surface area (Å²) in [7, 11) is 0. The van der Waals surface area contributed by atoms with Crippen LogP contribution in [0.4, 0.5) is 35.1 Å². The van der Waals surface area contributed by atoms with Crippen LogP contribution in [0.5, 0.6) is 5.75 Å². The third kappa shape index (κ3) is 7.08. The van der Waals surface area contributed by atoms with Gasteiger partial charge in [-0.15, -0.1) is 0 Å². The molecule has 0 aliphatic rings. The summed E-state index contributed by atoms with van der Waals surface area (Å²) in [6.45, 7) is -1.12. The fraction of sp³-hybridized carbons (Fsp3) is 0.292. The Balaban J connectivity index is 2.23. The average molecular weight is 555 g/mol. The van der Waals surface area contributed by atoms with E-state index in [1.54, 1.807) is 30.3 Å². The molecular weight excluding hydrogens is 536 g/mol. The third-order valence-corrected chi connectivity index (χ3v) is 5.55. The molecule has 2 atom stereocenters. The molecule has 0 fully saturated rings. The molecule has 0 aliphatic heterocycles. The Hall–Kier alpha value is -2.96. The highest BCUT2D eigenvalue weighted by Gasteiger charge is 2.45. The lowest BCUT2D eigenvalue weighted by atomic mass is 9.80. The van der Waals surface area contributed by atoms with Gasteiger partial charge in [0.2, 0.25) is 0 Å². The van der Waals surface area contributed by atoms with Crippen LogP contribution in [0, 0.1) is 5.82 Å². The molecule has 3 rings (SSSR count). The summed E-state index contributed by atoms with van der Waals surface area (Å²) in [4.78, 5) is 4.14. The first kappa shape index (κ1) is 28.6. The van der Waals surface area contributed by atoms with Crippen LogP contribution in [0.3, 0.4) is 0 Å². The zero-order chi connectivity index (χ0) is 27.4. The van der Waals surface area contributed by atoms with Crippen molar-refractivity contribution < 1.29 is 45.0 Å². The van der Waals surface area contributed by atoms with Gasteiger partial charge in [0.25, 0.3) is 0 Å². The van der Waals surface area contributed by atoms with Crippen molar-refractivity contribution in [1.82, 2.24) is 10.3 Å². The number of rotatable bonds is 10. The summed E-state index contributed by atoms with van der Waals surface area (Å²) in [5.41, 5.74) is -1.75. The van der Waals surface area contributed by atoms with Crippen LogP contribution in [-0.4, -0.2) is 41.4 Å². The zero-order valence-electron chi connectivity index (χ0n) is 18.6. The van der Waals surface area contributed by atoms with Gasteiger partial charge in [-0.3, -0.25) is 10.3 Å². The second kappa shape index (κ2) is 11.2. The van der Waals surface area contributed by atoms with Gasteiger partial charge in [0.05, 0.1) is 16.3 Å². The number of nitrogens with zero attached hydrogens (tertiary/aromatic N) is 1. The lowest BCUT2D eigenvalue weighted by molar-refractivity contribution is -0.253. The monoisotopic (exact) mass is 554 g/mol. The molecule has 13 heteroatoms. The van der Waals surface area contributed by atoms with Crippen molar-refractivity contribution in [2.75, 3.05) is 6.54 Å². The summed E-state index contributed by atoms with van der Waals surface area (Å²) in [5, 5.41) is 12.4. The number of aromatic nitrogens is 1. The number of halogens is 9. The van der Waals surface area contributed by atoms with Crippen LogP contribution in [0.25, 0.3) is 0 Å². The maximum absolute atomic E-state index is 14.6. The van der Waals surface area contributed by atoms with Crippen molar-refractivity contribution in [2.45, 2.75) is 36.8 Å². The van der Waals surface area contributed by atoms with E-state index in [-0.39, 0.29) is 22.7 Å². The Morgan fingerprint density at radius 2 is 1.65 bits per heavy atom. The molecule has 1 unspecified atom stereocenters. The maximum Gasteiger partial charge on any atom is 0.461 e. The van der Waals surface area contributed by atoms with E-state index >= 15 is 0 Å². The number of aliphatic hydroxyl groups excluding tert-OH is 1. The van der Waals surface area contributed by atoms with Gasteiger partial charge in [-0.1, -0.05) is 41.9 Å². The lowest BCUT2D eigenvalue weighted by Crippen LogP contribution is -2.51. The Labute approximate surface area is 210 Å². The third-order valence-electron chi connectivity index (χ3n) is 5.32. The quantitative estimate of drug-likeness (QED) is 0.297. The number of hydrogen-bond donors (Lipinski definition) is 2. The van der Waals surface area contributed by atoms with Crippen molar-refractivity contribution >= 4 is 11.6 Å². The van der Waals surface area contributed by atoms with E-state index in [1.807, 2.05) is 0 Å². The van der Waals surface area contributed by atoms with E-state index in [0.717, 1.165) is 18.3 Å². The van der Waals surface area contributed by atoms with Crippen LogP contribution < -0.4 is 10.1 Å². The van der Waals surface area contributed by atoms with Gasteiger partial charge in [0.1, 0.15) is 11.6 Å². The Morgan fingerprint density at radius 3 is 2.22 bits per heavy atom. The molecule has 0 radical (unpaired) electrons. The molecule has 0 bridgehead atoms. The fourth-order valence-electron chi connectivity index (χ4n) is 3.58. The maximum atomic E-state index is 14.6. The van der Waals surface area contributed by atoms with Gasteiger partial charge in [-0.2, -0.15) is 30.7 Å². The molecule has 1 heterocycles. The Kier molecular flexibility index (Phi) is 8.66. The molecule has 2 N–H and O–H groups in total. The highest BCUT2D eigenvalue weighted by atomic mass is 35.5. The molecule has 2 aromatic carbocycles. The SMILES string of the molecule is OC(CN[C@@](Cc1ccccc1)(c1cc(F)cc(OC(F)(F)C(F)F)c1)c1ccc(Cl)cn1)C(F)(F)F. The first-order chi connectivity index (χ1) is 17.2. The predicted octanol–water partition coefficient (Wildman–Crippen LogP) is 6.11. The molecule has 0 saturated heterocycles. The minimum absolute atomic E-state index is 0.0349. The summed E-state index contributed by atoms with van der Waals surface area (Å²) < 4.78 is 111. The molecule has 4 nitrogen and oxygen atoms in total. The van der Waals surface area contributed by atoms with E-state index in [4.69, 9.17) is 11.6 Å². The molecular formula is C24H19ClF8N2O2. The molecule has 0 spiro atoms. The second-order valence-electron chi connectivity index (χ2n) is 8.01. The molecule has 0 saturated carbocycles. The van der Waals surface area contributed by atoms with E-state index in [9.17, 15) is 40.2 Å². The van der Waals surface area contributed by atoms with Gasteiger partial charge in [0.15, 0.2) is 6.10 Å². The molecule has 1 aromatic heterocycles. The first-order valence-electron chi connectivity index (χ1n) is 10.5. The number of aliphatic hydroxyl groups is 1. The smallest absolute Gasteiger partial charge is 0.428 e. The van der Waals surface area contributed by atoms with Gasteiger partial charge in [-0.05, 0) is 35.4 Å². The summed E-state index contributed by atoms with van der Waals surface area (Å²) in [6.07, 6.45) is -16.2. The molecule has 37 heavy (non-hydrogen) atoms. The average Bonchev–Trinajstić information content (AvgIpc) is 2.81. The number of hydrogen-bond acceptors (Lipinski definition) is 4. The van der Waals surface area contributed by atoms with E-state index < -0.39 is 48.5 Å². The first-order valence-corrected chi connectivity index (χ1v) is 10.9. The number of ether oxygens (including phenoxy) is 1. The fourth-order valence-corrected chi connectivity index (χ4v) is 3.69. The highest BCUT2D eigenvalue weighted by Crippen LogP contribution is 2.37. The topological polar surface area (TPSA) is 54.4 Å². The van der Waals surface area contributed by atoms with Crippen molar-refractivity contribution in [3.05, 3.63) is 94.5 Å². The van der Waals surface area contributed by atoms with Gasteiger partial charge >= 0.3 is 18.7 Å². The number of pyridine rings is 1. The van der Waals surface area contributed by atoms with Gasteiger partial charge in [-0.25, -0.2) is 4.39 Å². The van der Waals surface area contributed by atoms with Crippen molar-refractivity contribution in [2.24, 2.45) is 0 Å². The summed E-state index contributed by atoms with van der Waals surface area (Å²) in [5.74, 6) is -2.22. The van der Waals surface area contributed by atoms with Crippen LogP contribution >= 0.6 is 11.6 Å². The minimum Gasteiger partial charge on any atom is -0.428 e. The standard InChI is InChI=1S/C24H19ClF8N2O2/c25-16-6-7-19(34-12-16)22(11-14-4-2-1-3-5-14,35-13-20(36)23(29,30)31)15-8-17(26)10-18(9-15)37-24(32,33)21(27)28/h1-10,12,20-21,35-36H,11,13H2/t20?,22-/m0/s1. The second-order valence-corrected chi connectivity index (χ2v) is 8.44. The zero-order valence-corrected chi connectivity index (χ0v) is 19.4. The Bertz CT molecular complexity index is 1180. The normalized spacial score (nSPS) is 14.9. The molecule has 200 valence electrons. The number of alkyl halides is 7. The molecule has 0 amide bonds. The van der Waals surface area contributed by atoms with Crippen LogP contribution in [0.15, 0.2) is 66.9 Å². The van der Waals surface area contributed by atoms with Gasteiger partial charge in [0, 0.05) is 25.2 Å². The van der Waals surface area contributed by atoms with Crippen LogP contribution in [0.1, 0.15) is 16.8 Å². The highest BCUT2D eigenvalue weighted by molar-refractivity contribution is 6.30. The van der Waals surface area contributed by atoms with Crippen molar-refractivity contribution in [3.8, 4) is 5.75 Å².